The predicted octanol–water partition coefficient (Wildman–Crippen LogP) is 3.25. The van der Waals surface area contributed by atoms with Gasteiger partial charge in [0.1, 0.15) is 5.78 Å². The molecular weight excluding hydrogens is 524 g/mol. The maximum absolute atomic E-state index is 13.3. The van der Waals surface area contributed by atoms with Crippen molar-refractivity contribution >= 4 is 23.4 Å². The lowest BCUT2D eigenvalue weighted by atomic mass is 9.89. The topological polar surface area (TPSA) is 185 Å². The largest absolute Gasteiger partial charge is 0.504 e. The molecule has 3 atom stereocenters. The van der Waals surface area contributed by atoms with Crippen molar-refractivity contribution in [2.75, 3.05) is 19.6 Å². The average Bonchev–Trinajstić information content (AvgIpc) is 2.94. The van der Waals surface area contributed by atoms with E-state index in [1.165, 1.54) is 19.1 Å². The normalized spacial score (nSPS) is 13.3. The maximum Gasteiger partial charge on any atom is 0.223 e. The van der Waals surface area contributed by atoms with Crippen LogP contribution in [0.4, 0.5) is 0 Å². The van der Waals surface area contributed by atoms with Gasteiger partial charge in [-0.25, -0.2) is 0 Å². The van der Waals surface area contributed by atoms with Gasteiger partial charge in [0, 0.05) is 31.2 Å². The van der Waals surface area contributed by atoms with Crippen molar-refractivity contribution in [1.29, 1.82) is 0 Å². The number of aromatic hydroxyl groups is 2. The number of hydrogen-bond donors (Lipinski definition) is 6. The molecule has 0 fully saturated rings. The molecule has 0 bridgehead atoms. The van der Waals surface area contributed by atoms with Gasteiger partial charge in [0.25, 0.3) is 0 Å². The van der Waals surface area contributed by atoms with Gasteiger partial charge in [0.15, 0.2) is 17.3 Å². The van der Waals surface area contributed by atoms with E-state index >= 15 is 0 Å². The number of amides is 2. The summed E-state index contributed by atoms with van der Waals surface area (Å²) < 4.78 is 0. The summed E-state index contributed by atoms with van der Waals surface area (Å²) in [5, 5.41) is 24.8. The van der Waals surface area contributed by atoms with Crippen LogP contribution >= 0.6 is 0 Å². The molecule has 8 N–H and O–H groups in total. The molecule has 10 heteroatoms. The van der Waals surface area contributed by atoms with Crippen LogP contribution in [-0.4, -0.2) is 59.3 Å². The van der Waals surface area contributed by atoms with Gasteiger partial charge in [0.2, 0.25) is 11.8 Å². The fraction of sp³-hybridized carbons (Fsp3) is 0.677. The predicted molar refractivity (Wildman–Crippen MR) is 160 cm³/mol. The molecule has 0 spiro atoms. The smallest absolute Gasteiger partial charge is 0.223 e. The number of nitrogens with two attached hydrogens (primary N) is 2. The van der Waals surface area contributed by atoms with E-state index in [0.717, 1.165) is 31.2 Å². The van der Waals surface area contributed by atoms with E-state index in [-0.39, 0.29) is 59.6 Å². The summed E-state index contributed by atoms with van der Waals surface area (Å²) in [6, 6.07) is 3.80. The van der Waals surface area contributed by atoms with E-state index in [1.54, 1.807) is 6.07 Å². The average molecular weight is 577 g/mol. The lowest BCUT2D eigenvalue weighted by Gasteiger charge is -2.23. The molecule has 232 valence electrons. The van der Waals surface area contributed by atoms with Crippen molar-refractivity contribution in [1.82, 2.24) is 10.6 Å². The summed E-state index contributed by atoms with van der Waals surface area (Å²) in [4.78, 5) is 50.8. The third-order valence-electron chi connectivity index (χ3n) is 7.53. The highest BCUT2D eigenvalue weighted by atomic mass is 16.3. The Kier molecular flexibility index (Phi) is 18.3. The molecule has 0 heterocycles. The van der Waals surface area contributed by atoms with Crippen LogP contribution in [0.2, 0.25) is 0 Å². The number of phenols is 2. The van der Waals surface area contributed by atoms with Crippen LogP contribution in [0.25, 0.3) is 0 Å². The quantitative estimate of drug-likeness (QED) is 0.0846. The minimum Gasteiger partial charge on any atom is -0.504 e. The number of hydrogen-bond acceptors (Lipinski definition) is 8. The van der Waals surface area contributed by atoms with Crippen LogP contribution in [0.15, 0.2) is 18.2 Å². The maximum atomic E-state index is 13.3. The third kappa shape index (κ3) is 15.0. The zero-order valence-corrected chi connectivity index (χ0v) is 25.0. The number of ketones is 2. The Labute approximate surface area is 245 Å². The summed E-state index contributed by atoms with van der Waals surface area (Å²) in [5.74, 6) is -1.43. The van der Waals surface area contributed by atoms with Crippen molar-refractivity contribution < 1.29 is 29.4 Å². The Bertz CT molecular complexity index is 955. The number of phenolic OH excluding ortho intramolecular Hbond substituents is 2. The van der Waals surface area contributed by atoms with Gasteiger partial charge < -0.3 is 32.3 Å². The minimum atomic E-state index is -0.680. The molecule has 0 aromatic heterocycles. The Hall–Kier alpha value is -2.98. The number of Topliss-reactive ketones (excluding diaryl/α,β-unsaturated/α-hetero) is 2. The molecule has 2 amide bonds. The first-order valence-corrected chi connectivity index (χ1v) is 15.1. The summed E-state index contributed by atoms with van der Waals surface area (Å²) >= 11 is 0. The minimum absolute atomic E-state index is 0.0288. The zero-order valence-electron chi connectivity index (χ0n) is 25.0. The van der Waals surface area contributed by atoms with Gasteiger partial charge in [-0.2, -0.15) is 0 Å². The SMILES string of the molecule is CCC(CCCCN)C(=O)NC(CCCCNC(=O)CCc1ccc(O)c(O)c1)C(=O)CC(CCCCN)C(C)=O. The van der Waals surface area contributed by atoms with Crippen molar-refractivity contribution in [3.63, 3.8) is 0 Å². The molecule has 41 heavy (non-hydrogen) atoms. The molecule has 0 saturated heterocycles. The van der Waals surface area contributed by atoms with E-state index in [2.05, 4.69) is 10.6 Å². The van der Waals surface area contributed by atoms with Crippen molar-refractivity contribution in [3.8, 4) is 11.5 Å². The third-order valence-corrected chi connectivity index (χ3v) is 7.53. The number of aryl methyl sites for hydroxylation is 1. The van der Waals surface area contributed by atoms with Crippen molar-refractivity contribution in [2.24, 2.45) is 23.3 Å². The molecular formula is C31H52N4O6. The zero-order chi connectivity index (χ0) is 30.6. The van der Waals surface area contributed by atoms with Crippen LogP contribution in [0.1, 0.15) is 96.5 Å². The van der Waals surface area contributed by atoms with E-state index < -0.39 is 6.04 Å². The van der Waals surface area contributed by atoms with E-state index in [9.17, 15) is 29.4 Å². The molecule has 0 radical (unpaired) electrons. The molecule has 1 aromatic rings. The first kappa shape index (κ1) is 36.0. The Morgan fingerprint density at radius 1 is 0.854 bits per heavy atom. The second kappa shape index (κ2) is 20.8. The Balaban J connectivity index is 2.67. The Morgan fingerprint density at radius 3 is 2.07 bits per heavy atom. The van der Waals surface area contributed by atoms with Gasteiger partial charge in [-0.3, -0.25) is 19.2 Å². The molecule has 0 aliphatic heterocycles. The van der Waals surface area contributed by atoms with Crippen LogP contribution < -0.4 is 22.1 Å². The molecule has 0 aliphatic rings. The van der Waals surface area contributed by atoms with Crippen LogP contribution in [-0.2, 0) is 25.6 Å². The lowest BCUT2D eigenvalue weighted by Crippen LogP contribution is -2.44. The number of unbranched alkanes of at least 4 members (excludes halogenated alkanes) is 3. The fourth-order valence-electron chi connectivity index (χ4n) is 4.80. The highest BCUT2D eigenvalue weighted by molar-refractivity contribution is 5.92. The standard InChI is InChI=1S/C31H52N4O6/c1-3-24(10-4-7-17-32)31(41)35-26(28(38)21-25(22(2)36)11-5-8-18-33)12-6-9-19-34-30(40)16-14-23-13-15-27(37)29(39)20-23/h13,15,20,24-26,37,39H,3-12,14,16-19,21,32-33H2,1-2H3,(H,34,40)(H,35,41). The van der Waals surface area contributed by atoms with Gasteiger partial charge in [-0.05, 0) is 95.5 Å². The summed E-state index contributed by atoms with van der Waals surface area (Å²) in [6.07, 6.45) is 7.68. The number of benzene rings is 1. The van der Waals surface area contributed by atoms with Crippen molar-refractivity contribution in [2.45, 2.75) is 103 Å². The number of rotatable bonds is 23. The van der Waals surface area contributed by atoms with Gasteiger partial charge in [-0.1, -0.05) is 25.8 Å². The van der Waals surface area contributed by atoms with Crippen LogP contribution in [0.3, 0.4) is 0 Å². The van der Waals surface area contributed by atoms with Crippen LogP contribution in [0.5, 0.6) is 11.5 Å². The molecule has 0 saturated carbocycles. The fourth-order valence-corrected chi connectivity index (χ4v) is 4.80. The highest BCUT2D eigenvalue weighted by Gasteiger charge is 2.27. The monoisotopic (exact) mass is 576 g/mol. The van der Waals surface area contributed by atoms with E-state index in [1.807, 2.05) is 6.92 Å². The highest BCUT2D eigenvalue weighted by Crippen LogP contribution is 2.25. The van der Waals surface area contributed by atoms with Crippen molar-refractivity contribution in [3.05, 3.63) is 23.8 Å². The number of carbonyl (C=O) groups excluding carboxylic acids is 4. The number of nitrogens with one attached hydrogen (secondary N) is 2. The van der Waals surface area contributed by atoms with E-state index in [4.69, 9.17) is 11.5 Å². The Morgan fingerprint density at radius 2 is 1.49 bits per heavy atom. The first-order chi connectivity index (χ1) is 19.6. The molecule has 0 aliphatic carbocycles. The molecule has 10 nitrogen and oxygen atoms in total. The van der Waals surface area contributed by atoms with Gasteiger partial charge in [-0.15, -0.1) is 0 Å². The summed E-state index contributed by atoms with van der Waals surface area (Å²) in [7, 11) is 0. The molecule has 1 rings (SSSR count). The lowest BCUT2D eigenvalue weighted by molar-refractivity contribution is -0.132. The van der Waals surface area contributed by atoms with Crippen LogP contribution in [0, 0.1) is 11.8 Å². The van der Waals surface area contributed by atoms with Gasteiger partial charge in [0.05, 0.1) is 6.04 Å². The molecule has 3 unspecified atom stereocenters. The second-order valence-electron chi connectivity index (χ2n) is 10.9. The molecule has 1 aromatic carbocycles. The first-order valence-electron chi connectivity index (χ1n) is 15.1. The van der Waals surface area contributed by atoms with Gasteiger partial charge >= 0.3 is 0 Å². The van der Waals surface area contributed by atoms with E-state index in [0.29, 0.717) is 64.6 Å². The second-order valence-corrected chi connectivity index (χ2v) is 10.9. The number of carbonyl (C=O) groups is 4. The summed E-state index contributed by atoms with van der Waals surface area (Å²) in [5.41, 5.74) is 11.9. The summed E-state index contributed by atoms with van der Waals surface area (Å²) in [6.45, 7) is 5.01.